The van der Waals surface area contributed by atoms with Crippen LogP contribution in [0.3, 0.4) is 0 Å². The number of rotatable bonds is 4. The lowest BCUT2D eigenvalue weighted by molar-refractivity contribution is 0.0997. The molecule has 0 atom stereocenters. The van der Waals surface area contributed by atoms with Crippen molar-refractivity contribution in [3.63, 3.8) is 0 Å². The summed E-state index contributed by atoms with van der Waals surface area (Å²) in [6, 6.07) is 15.8. The molecule has 2 aromatic carbocycles. The molecule has 0 unspecified atom stereocenters. The molecule has 0 aliphatic heterocycles. The first kappa shape index (κ1) is 16.3. The van der Waals surface area contributed by atoms with Crippen molar-refractivity contribution in [3.8, 4) is 11.3 Å². The van der Waals surface area contributed by atoms with Crippen LogP contribution in [0.4, 0.5) is 5.69 Å². The third-order valence-corrected chi connectivity index (χ3v) is 3.67. The van der Waals surface area contributed by atoms with E-state index in [9.17, 15) is 9.59 Å². The molecule has 25 heavy (non-hydrogen) atoms. The van der Waals surface area contributed by atoms with E-state index >= 15 is 0 Å². The van der Waals surface area contributed by atoms with Crippen molar-refractivity contribution in [2.45, 2.75) is 6.92 Å². The van der Waals surface area contributed by atoms with Gasteiger partial charge in [0.1, 0.15) is 5.69 Å². The Labute approximate surface area is 144 Å². The molecular weight excluding hydrogens is 316 g/mol. The molecule has 124 valence electrons. The number of amides is 2. The highest BCUT2D eigenvalue weighted by Crippen LogP contribution is 2.19. The number of aromatic nitrogens is 2. The van der Waals surface area contributed by atoms with Crippen LogP contribution in [0.25, 0.3) is 11.3 Å². The summed E-state index contributed by atoms with van der Waals surface area (Å²) >= 11 is 0. The molecule has 0 aliphatic carbocycles. The summed E-state index contributed by atoms with van der Waals surface area (Å²) in [5.41, 5.74) is 8.40. The van der Waals surface area contributed by atoms with E-state index in [1.54, 1.807) is 49.5 Å². The second kappa shape index (κ2) is 6.92. The van der Waals surface area contributed by atoms with Gasteiger partial charge in [-0.15, -0.1) is 0 Å². The van der Waals surface area contributed by atoms with E-state index in [0.29, 0.717) is 22.6 Å². The molecular formula is C19H16N4O2. The number of hydrogen-bond acceptors (Lipinski definition) is 4. The number of aryl methyl sites for hydroxylation is 1. The van der Waals surface area contributed by atoms with E-state index in [0.717, 1.165) is 5.56 Å². The van der Waals surface area contributed by atoms with Crippen LogP contribution in [0.2, 0.25) is 0 Å². The number of primary amides is 1. The summed E-state index contributed by atoms with van der Waals surface area (Å²) in [5.74, 6) is -0.823. The van der Waals surface area contributed by atoms with Gasteiger partial charge in [0, 0.05) is 16.8 Å². The number of nitrogens with two attached hydrogens (primary N) is 1. The van der Waals surface area contributed by atoms with Gasteiger partial charge in [0.15, 0.2) is 0 Å². The number of nitrogens with one attached hydrogen (secondary N) is 1. The molecule has 2 amide bonds. The van der Waals surface area contributed by atoms with Gasteiger partial charge in [-0.05, 0) is 31.2 Å². The normalized spacial score (nSPS) is 10.3. The molecule has 3 aromatic rings. The predicted octanol–water partition coefficient (Wildman–Crippen LogP) is 2.80. The Kier molecular flexibility index (Phi) is 4.52. The molecule has 1 aromatic heterocycles. The summed E-state index contributed by atoms with van der Waals surface area (Å²) in [7, 11) is 0. The lowest BCUT2D eigenvalue weighted by Crippen LogP contribution is -2.16. The van der Waals surface area contributed by atoms with Crippen LogP contribution in [0.15, 0.2) is 60.8 Å². The van der Waals surface area contributed by atoms with E-state index in [1.807, 2.05) is 18.2 Å². The van der Waals surface area contributed by atoms with Crippen LogP contribution in [-0.4, -0.2) is 21.8 Å². The third-order valence-electron chi connectivity index (χ3n) is 3.67. The summed E-state index contributed by atoms with van der Waals surface area (Å²) in [5, 5.41) is 2.80. The Morgan fingerprint density at radius 1 is 1.00 bits per heavy atom. The summed E-state index contributed by atoms with van der Waals surface area (Å²) < 4.78 is 0. The summed E-state index contributed by atoms with van der Waals surface area (Å²) in [6.07, 6.45) is 1.59. The Hall–Kier alpha value is -3.54. The van der Waals surface area contributed by atoms with Crippen molar-refractivity contribution < 1.29 is 9.59 Å². The third kappa shape index (κ3) is 3.69. The highest BCUT2D eigenvalue weighted by atomic mass is 16.2. The zero-order valence-corrected chi connectivity index (χ0v) is 13.6. The van der Waals surface area contributed by atoms with Crippen LogP contribution in [0.5, 0.6) is 0 Å². The highest BCUT2D eigenvalue weighted by Gasteiger charge is 2.14. The quantitative estimate of drug-likeness (QED) is 0.767. The van der Waals surface area contributed by atoms with Gasteiger partial charge in [0.25, 0.3) is 5.91 Å². The molecule has 0 saturated heterocycles. The number of anilines is 1. The van der Waals surface area contributed by atoms with Crippen molar-refractivity contribution in [1.29, 1.82) is 0 Å². The monoisotopic (exact) mass is 332 g/mol. The van der Waals surface area contributed by atoms with Crippen molar-refractivity contribution in [2.24, 2.45) is 5.73 Å². The van der Waals surface area contributed by atoms with Crippen LogP contribution >= 0.6 is 0 Å². The number of nitrogens with zero attached hydrogens (tertiary/aromatic N) is 2. The Bertz CT molecular complexity index is 922. The van der Waals surface area contributed by atoms with Crippen LogP contribution in [0.1, 0.15) is 26.5 Å². The zero-order valence-electron chi connectivity index (χ0n) is 13.6. The van der Waals surface area contributed by atoms with E-state index < -0.39 is 5.91 Å². The van der Waals surface area contributed by atoms with Gasteiger partial charge in [-0.2, -0.15) is 0 Å². The molecule has 0 spiro atoms. The molecule has 6 heteroatoms. The first-order valence-electron chi connectivity index (χ1n) is 7.65. The second-order valence-corrected chi connectivity index (χ2v) is 5.45. The van der Waals surface area contributed by atoms with Crippen molar-refractivity contribution in [2.75, 3.05) is 5.32 Å². The van der Waals surface area contributed by atoms with Gasteiger partial charge in [0.05, 0.1) is 17.6 Å². The van der Waals surface area contributed by atoms with Crippen LogP contribution < -0.4 is 11.1 Å². The smallest absolute Gasteiger partial charge is 0.276 e. The minimum absolute atomic E-state index is 0.250. The number of hydrogen-bond donors (Lipinski definition) is 2. The fourth-order valence-electron chi connectivity index (χ4n) is 2.32. The number of para-hydroxylation sites is 1. The summed E-state index contributed by atoms with van der Waals surface area (Å²) in [6.45, 7) is 1.73. The Morgan fingerprint density at radius 3 is 2.32 bits per heavy atom. The maximum Gasteiger partial charge on any atom is 0.276 e. The van der Waals surface area contributed by atoms with Gasteiger partial charge in [-0.25, -0.2) is 4.98 Å². The first-order chi connectivity index (χ1) is 12.0. The standard InChI is InChI=1S/C19H16N4O2/c1-12-17(19(25)22-15-5-3-2-4-6-15)23-16(11-21-12)13-7-9-14(10-8-13)18(20)24/h2-11H,1H3,(H2,20,24)(H,22,25). The number of benzene rings is 2. The Morgan fingerprint density at radius 2 is 1.68 bits per heavy atom. The topological polar surface area (TPSA) is 98.0 Å². The molecule has 0 radical (unpaired) electrons. The lowest BCUT2D eigenvalue weighted by Gasteiger charge is -2.09. The van der Waals surface area contributed by atoms with Gasteiger partial charge < -0.3 is 11.1 Å². The minimum Gasteiger partial charge on any atom is -0.366 e. The maximum absolute atomic E-state index is 12.5. The molecule has 3 N–H and O–H groups in total. The van der Waals surface area contributed by atoms with Crippen LogP contribution in [-0.2, 0) is 0 Å². The fourth-order valence-corrected chi connectivity index (χ4v) is 2.32. The maximum atomic E-state index is 12.5. The number of carbonyl (C=O) groups excluding carboxylic acids is 2. The lowest BCUT2D eigenvalue weighted by atomic mass is 10.1. The molecule has 0 aliphatic rings. The zero-order chi connectivity index (χ0) is 17.8. The van der Waals surface area contributed by atoms with Crippen LogP contribution in [0, 0.1) is 6.92 Å². The number of carbonyl (C=O) groups is 2. The predicted molar refractivity (Wildman–Crippen MR) is 95.1 cm³/mol. The van der Waals surface area contributed by atoms with Gasteiger partial charge in [0.2, 0.25) is 5.91 Å². The Balaban J connectivity index is 1.90. The average molecular weight is 332 g/mol. The van der Waals surface area contributed by atoms with Crippen molar-refractivity contribution in [3.05, 3.63) is 77.7 Å². The van der Waals surface area contributed by atoms with Gasteiger partial charge >= 0.3 is 0 Å². The molecule has 3 rings (SSSR count). The average Bonchev–Trinajstić information content (AvgIpc) is 2.63. The largest absolute Gasteiger partial charge is 0.366 e. The summed E-state index contributed by atoms with van der Waals surface area (Å²) in [4.78, 5) is 32.3. The van der Waals surface area contributed by atoms with E-state index in [-0.39, 0.29) is 11.6 Å². The van der Waals surface area contributed by atoms with Crippen molar-refractivity contribution >= 4 is 17.5 Å². The molecule has 6 nitrogen and oxygen atoms in total. The fraction of sp³-hybridized carbons (Fsp3) is 0.0526. The molecule has 1 heterocycles. The van der Waals surface area contributed by atoms with Gasteiger partial charge in [-0.3, -0.25) is 14.6 Å². The minimum atomic E-state index is -0.496. The van der Waals surface area contributed by atoms with E-state index in [2.05, 4.69) is 15.3 Å². The van der Waals surface area contributed by atoms with Crippen molar-refractivity contribution in [1.82, 2.24) is 9.97 Å². The van der Waals surface area contributed by atoms with E-state index in [4.69, 9.17) is 5.73 Å². The SMILES string of the molecule is Cc1ncc(-c2ccc(C(N)=O)cc2)nc1C(=O)Nc1ccccc1. The van der Waals surface area contributed by atoms with Gasteiger partial charge in [-0.1, -0.05) is 30.3 Å². The molecule has 0 saturated carbocycles. The highest BCUT2D eigenvalue weighted by molar-refractivity contribution is 6.03. The molecule has 0 bridgehead atoms. The molecule has 0 fully saturated rings. The van der Waals surface area contributed by atoms with E-state index in [1.165, 1.54) is 0 Å². The second-order valence-electron chi connectivity index (χ2n) is 5.45. The first-order valence-corrected chi connectivity index (χ1v) is 7.65.